The molecule has 1 aromatic heterocycles. The third kappa shape index (κ3) is 1.74. The van der Waals surface area contributed by atoms with Gasteiger partial charge in [-0.3, -0.25) is 0 Å². The van der Waals surface area contributed by atoms with E-state index in [2.05, 4.69) is 15.9 Å². The molecule has 0 atom stereocenters. The molecule has 0 saturated heterocycles. The van der Waals surface area contributed by atoms with Gasteiger partial charge in [0.15, 0.2) is 11.5 Å². The number of nitrogens with zero attached hydrogens (tertiary/aromatic N) is 3. The van der Waals surface area contributed by atoms with E-state index in [1.165, 1.54) is 11.3 Å². The van der Waals surface area contributed by atoms with Crippen molar-refractivity contribution in [2.24, 2.45) is 0 Å². The van der Waals surface area contributed by atoms with Crippen molar-refractivity contribution in [1.29, 1.82) is 15.8 Å². The molecule has 0 spiro atoms. The van der Waals surface area contributed by atoms with Crippen LogP contribution in [0.1, 0.15) is 4.88 Å². The molecule has 0 fully saturated rings. The van der Waals surface area contributed by atoms with E-state index in [4.69, 9.17) is 25.3 Å². The molecule has 1 aliphatic heterocycles. The quantitative estimate of drug-likeness (QED) is 0.744. The van der Waals surface area contributed by atoms with Gasteiger partial charge in [0.05, 0.1) is 4.88 Å². The predicted octanol–water partition coefficient (Wildman–Crippen LogP) is 2.56. The zero-order valence-corrected chi connectivity index (χ0v) is 10.6. The van der Waals surface area contributed by atoms with Crippen LogP contribution in [0.15, 0.2) is 9.36 Å². The minimum absolute atomic E-state index is 0.00690. The highest BCUT2D eigenvalue weighted by molar-refractivity contribution is 9.11. The van der Waals surface area contributed by atoms with Crippen LogP contribution in [0, 0.1) is 34.0 Å². The molecule has 0 saturated carbocycles. The lowest BCUT2D eigenvalue weighted by molar-refractivity contribution is 0.173. The molecule has 1 aliphatic rings. The van der Waals surface area contributed by atoms with Crippen LogP contribution in [0.5, 0.6) is 11.5 Å². The molecule has 2 heterocycles. The van der Waals surface area contributed by atoms with E-state index in [9.17, 15) is 0 Å². The van der Waals surface area contributed by atoms with Gasteiger partial charge in [0.2, 0.25) is 6.79 Å². The normalized spacial score (nSPS) is 11.2. The van der Waals surface area contributed by atoms with Crippen molar-refractivity contribution < 1.29 is 9.47 Å². The van der Waals surface area contributed by atoms with Gasteiger partial charge in [-0.1, -0.05) is 0 Å². The lowest BCUT2D eigenvalue weighted by Crippen LogP contribution is -1.95. The van der Waals surface area contributed by atoms with Crippen molar-refractivity contribution >= 4 is 32.8 Å². The second kappa shape index (κ2) is 4.47. The minimum atomic E-state index is -0.237. The Kier molecular flexibility index (Phi) is 3.01. The molecule has 7 heteroatoms. The van der Waals surface area contributed by atoms with E-state index in [0.29, 0.717) is 20.2 Å². The summed E-state index contributed by atoms with van der Waals surface area (Å²) in [5, 5.41) is 26.6. The Balaban J connectivity index is 2.68. The smallest absolute Gasteiger partial charge is 0.231 e. The first-order chi connectivity index (χ1) is 8.22. The van der Waals surface area contributed by atoms with Crippen LogP contribution in [0.4, 0.5) is 0 Å². The number of thiophene rings is 1. The zero-order chi connectivity index (χ0) is 12.4. The molecule has 17 heavy (non-hydrogen) atoms. The summed E-state index contributed by atoms with van der Waals surface area (Å²) in [6, 6.07) is 5.24. The lowest BCUT2D eigenvalue weighted by Gasteiger charge is -1.97. The summed E-state index contributed by atoms with van der Waals surface area (Å²) in [5.74, 6) is 0.911. The molecular formula is C10H2BrN3O2S. The maximum absolute atomic E-state index is 9.04. The molecule has 0 amide bonds. The topological polar surface area (TPSA) is 89.8 Å². The summed E-state index contributed by atoms with van der Waals surface area (Å²) in [5.41, 5.74) is -0.230. The van der Waals surface area contributed by atoms with Crippen LogP contribution in [0.25, 0.3) is 5.57 Å². The Hall–Kier alpha value is -2.01. The van der Waals surface area contributed by atoms with Gasteiger partial charge in [-0.15, -0.1) is 11.3 Å². The third-order valence-corrected chi connectivity index (χ3v) is 3.81. The van der Waals surface area contributed by atoms with Crippen LogP contribution < -0.4 is 9.47 Å². The first-order valence-corrected chi connectivity index (χ1v) is 5.86. The van der Waals surface area contributed by atoms with Gasteiger partial charge in [-0.2, -0.15) is 15.8 Å². The van der Waals surface area contributed by atoms with Crippen LogP contribution in [-0.2, 0) is 0 Å². The first kappa shape index (κ1) is 11.5. The van der Waals surface area contributed by atoms with E-state index in [-0.39, 0.29) is 17.9 Å². The lowest BCUT2D eigenvalue weighted by atomic mass is 10.1. The Bertz CT molecular complexity index is 626. The van der Waals surface area contributed by atoms with Gasteiger partial charge in [-0.25, -0.2) is 0 Å². The van der Waals surface area contributed by atoms with E-state index in [1.807, 2.05) is 6.07 Å². The second-order valence-electron chi connectivity index (χ2n) is 2.86. The number of hydrogen-bond donors (Lipinski definition) is 0. The zero-order valence-electron chi connectivity index (χ0n) is 8.15. The van der Waals surface area contributed by atoms with Crippen molar-refractivity contribution in [2.75, 3.05) is 6.79 Å². The SMILES string of the molecule is N#CC(C#N)=C(C#N)c1sc(Br)c2c1OCO2. The second-order valence-corrected chi connectivity index (χ2v) is 5.19. The molecule has 1 aromatic rings. The highest BCUT2D eigenvalue weighted by Gasteiger charge is 2.28. The molecule has 0 aromatic carbocycles. The van der Waals surface area contributed by atoms with E-state index < -0.39 is 0 Å². The van der Waals surface area contributed by atoms with Gasteiger partial charge in [0.25, 0.3) is 0 Å². The Morgan fingerprint density at radius 1 is 1.12 bits per heavy atom. The Morgan fingerprint density at radius 2 is 1.76 bits per heavy atom. The average molecular weight is 308 g/mol. The van der Waals surface area contributed by atoms with Gasteiger partial charge < -0.3 is 9.47 Å². The molecule has 0 radical (unpaired) electrons. The van der Waals surface area contributed by atoms with Crippen LogP contribution >= 0.6 is 27.3 Å². The number of allylic oxidation sites excluding steroid dienone is 2. The highest BCUT2D eigenvalue weighted by Crippen LogP contribution is 2.51. The molecule has 0 aliphatic carbocycles. The maximum atomic E-state index is 9.04. The fourth-order valence-corrected chi connectivity index (χ4v) is 2.99. The number of nitriles is 3. The molecule has 0 unspecified atom stereocenters. The standard InChI is InChI=1S/C10H2BrN3O2S/c11-10-8-7(15-4-16-8)9(17-10)6(3-14)5(1-12)2-13/h4H2. The van der Waals surface area contributed by atoms with Gasteiger partial charge in [0.1, 0.15) is 33.1 Å². The summed E-state index contributed by atoms with van der Waals surface area (Å²) in [7, 11) is 0. The monoisotopic (exact) mass is 307 g/mol. The Morgan fingerprint density at radius 3 is 2.35 bits per heavy atom. The molecular weight excluding hydrogens is 306 g/mol. The summed E-state index contributed by atoms with van der Waals surface area (Å²) < 4.78 is 11.1. The summed E-state index contributed by atoms with van der Waals surface area (Å²) in [6.45, 7) is 0.0664. The Labute approximate surface area is 109 Å². The molecule has 5 nitrogen and oxygen atoms in total. The van der Waals surface area contributed by atoms with Gasteiger partial charge >= 0.3 is 0 Å². The fourth-order valence-electron chi connectivity index (χ4n) is 1.30. The minimum Gasteiger partial charge on any atom is -0.452 e. The first-order valence-electron chi connectivity index (χ1n) is 4.25. The van der Waals surface area contributed by atoms with Crippen molar-refractivity contribution in [3.05, 3.63) is 14.2 Å². The fraction of sp³-hybridized carbons (Fsp3) is 0.100. The number of rotatable bonds is 1. The molecule has 0 bridgehead atoms. The van der Waals surface area contributed by atoms with Crippen LogP contribution in [0.3, 0.4) is 0 Å². The number of hydrogen-bond acceptors (Lipinski definition) is 6. The third-order valence-electron chi connectivity index (χ3n) is 2.00. The number of fused-ring (bicyclic) bond motifs is 1. The largest absolute Gasteiger partial charge is 0.452 e. The summed E-state index contributed by atoms with van der Waals surface area (Å²) >= 11 is 4.47. The summed E-state index contributed by atoms with van der Waals surface area (Å²) in [4.78, 5) is 0.435. The predicted molar refractivity (Wildman–Crippen MR) is 61.9 cm³/mol. The van der Waals surface area contributed by atoms with Crippen molar-refractivity contribution in [3.8, 4) is 29.7 Å². The van der Waals surface area contributed by atoms with Crippen LogP contribution in [0.2, 0.25) is 0 Å². The van der Waals surface area contributed by atoms with E-state index >= 15 is 0 Å². The maximum Gasteiger partial charge on any atom is 0.231 e. The highest BCUT2D eigenvalue weighted by atomic mass is 79.9. The molecule has 2 rings (SSSR count). The molecule has 0 N–H and O–H groups in total. The van der Waals surface area contributed by atoms with Crippen molar-refractivity contribution in [1.82, 2.24) is 0 Å². The van der Waals surface area contributed by atoms with E-state index in [1.54, 1.807) is 12.1 Å². The number of halogens is 1. The van der Waals surface area contributed by atoms with E-state index in [0.717, 1.165) is 0 Å². The van der Waals surface area contributed by atoms with Crippen molar-refractivity contribution in [3.63, 3.8) is 0 Å². The van der Waals surface area contributed by atoms with Gasteiger partial charge in [-0.05, 0) is 15.9 Å². The van der Waals surface area contributed by atoms with Crippen LogP contribution in [-0.4, -0.2) is 6.79 Å². The average Bonchev–Trinajstić information content (AvgIpc) is 2.91. The summed E-state index contributed by atoms with van der Waals surface area (Å²) in [6.07, 6.45) is 0. The van der Waals surface area contributed by atoms with Gasteiger partial charge in [0, 0.05) is 0 Å². The van der Waals surface area contributed by atoms with Crippen molar-refractivity contribution in [2.45, 2.75) is 0 Å². The molecule has 82 valence electrons. The number of ether oxygens (including phenoxy) is 2.